The largest absolute Gasteiger partial charge is 0.316 e. The van der Waals surface area contributed by atoms with Crippen LogP contribution in [0.25, 0.3) is 0 Å². The van der Waals surface area contributed by atoms with E-state index in [1.807, 2.05) is 0 Å². The van der Waals surface area contributed by atoms with Crippen molar-refractivity contribution in [2.24, 2.45) is 5.92 Å². The molecule has 1 atom stereocenters. The Morgan fingerprint density at radius 1 is 1.60 bits per heavy atom. The lowest BCUT2D eigenvalue weighted by Crippen LogP contribution is -2.29. The third-order valence-corrected chi connectivity index (χ3v) is 2.10. The summed E-state index contributed by atoms with van der Waals surface area (Å²) in [6.45, 7) is 4.55. The summed E-state index contributed by atoms with van der Waals surface area (Å²) < 4.78 is 0. The van der Waals surface area contributed by atoms with Crippen LogP contribution in [0.2, 0.25) is 0 Å². The fourth-order valence-electron chi connectivity index (χ4n) is 1.45. The van der Waals surface area contributed by atoms with Crippen molar-refractivity contribution in [1.82, 2.24) is 5.32 Å². The molecule has 58 valence electrons. The Balaban J connectivity index is 2.13. The second-order valence-electron chi connectivity index (χ2n) is 3.02. The van der Waals surface area contributed by atoms with Gasteiger partial charge in [0.1, 0.15) is 0 Å². The molecule has 1 aliphatic heterocycles. The van der Waals surface area contributed by atoms with Gasteiger partial charge in [0.25, 0.3) is 0 Å². The molecule has 1 rings (SSSR count). The summed E-state index contributed by atoms with van der Waals surface area (Å²) in [5.41, 5.74) is 0. The van der Waals surface area contributed by atoms with E-state index in [0.29, 0.717) is 0 Å². The Morgan fingerprint density at radius 2 is 2.50 bits per heavy atom. The fraction of sp³-hybridized carbons (Fsp3) is 0.778. The third kappa shape index (κ3) is 2.53. The van der Waals surface area contributed by atoms with Crippen LogP contribution in [0.1, 0.15) is 26.2 Å². The van der Waals surface area contributed by atoms with Crippen molar-refractivity contribution >= 4 is 0 Å². The van der Waals surface area contributed by atoms with Crippen LogP contribution in [0, 0.1) is 5.92 Å². The molecule has 0 aromatic heterocycles. The third-order valence-electron chi connectivity index (χ3n) is 2.10. The minimum absolute atomic E-state index is 0.907. The van der Waals surface area contributed by atoms with Crippen LogP contribution in [0.3, 0.4) is 0 Å². The zero-order valence-electron chi connectivity index (χ0n) is 6.77. The van der Waals surface area contributed by atoms with Gasteiger partial charge in [0, 0.05) is 0 Å². The van der Waals surface area contributed by atoms with Gasteiger partial charge in [-0.05, 0) is 45.2 Å². The molecular formula is C9H17N. The maximum Gasteiger partial charge on any atom is -0.00175 e. The average molecular weight is 139 g/mol. The molecule has 0 bridgehead atoms. The summed E-state index contributed by atoms with van der Waals surface area (Å²) in [5, 5.41) is 3.41. The van der Waals surface area contributed by atoms with Gasteiger partial charge in [-0.1, -0.05) is 12.2 Å². The predicted molar refractivity (Wildman–Crippen MR) is 45.0 cm³/mol. The van der Waals surface area contributed by atoms with Gasteiger partial charge in [-0.2, -0.15) is 0 Å². The van der Waals surface area contributed by atoms with E-state index in [-0.39, 0.29) is 0 Å². The van der Waals surface area contributed by atoms with Crippen molar-refractivity contribution in [3.8, 4) is 0 Å². The van der Waals surface area contributed by atoms with Crippen LogP contribution >= 0.6 is 0 Å². The van der Waals surface area contributed by atoms with Crippen LogP contribution in [-0.2, 0) is 0 Å². The van der Waals surface area contributed by atoms with Crippen LogP contribution in [-0.4, -0.2) is 13.1 Å². The molecule has 1 heteroatoms. The van der Waals surface area contributed by atoms with Gasteiger partial charge >= 0.3 is 0 Å². The van der Waals surface area contributed by atoms with Crippen molar-refractivity contribution in [3.05, 3.63) is 12.2 Å². The second-order valence-corrected chi connectivity index (χ2v) is 3.02. The summed E-state index contributed by atoms with van der Waals surface area (Å²) in [5.74, 6) is 0.907. The molecule has 0 unspecified atom stereocenters. The van der Waals surface area contributed by atoms with Crippen molar-refractivity contribution in [1.29, 1.82) is 0 Å². The number of nitrogens with one attached hydrogen (secondary N) is 1. The van der Waals surface area contributed by atoms with Gasteiger partial charge < -0.3 is 5.32 Å². The molecule has 0 spiro atoms. The molecule has 1 heterocycles. The molecule has 1 saturated heterocycles. The minimum atomic E-state index is 0.907. The van der Waals surface area contributed by atoms with E-state index in [0.717, 1.165) is 5.92 Å². The number of allylic oxidation sites excluding steroid dienone is 2. The van der Waals surface area contributed by atoms with E-state index < -0.39 is 0 Å². The number of hydrogen-bond donors (Lipinski definition) is 1. The molecule has 0 amide bonds. The lowest BCUT2D eigenvalue weighted by molar-refractivity contribution is 0.381. The van der Waals surface area contributed by atoms with Gasteiger partial charge in [-0.3, -0.25) is 0 Å². The van der Waals surface area contributed by atoms with E-state index >= 15 is 0 Å². The SMILES string of the molecule is C/C=C/C[C@H]1CCCNC1. The first kappa shape index (κ1) is 7.80. The lowest BCUT2D eigenvalue weighted by atomic mass is 9.96. The molecule has 0 radical (unpaired) electrons. The van der Waals surface area contributed by atoms with E-state index in [1.54, 1.807) is 0 Å². The number of hydrogen-bond acceptors (Lipinski definition) is 1. The molecule has 1 aliphatic rings. The lowest BCUT2D eigenvalue weighted by Gasteiger charge is -2.20. The molecular weight excluding hydrogens is 122 g/mol. The molecule has 1 N–H and O–H groups in total. The maximum atomic E-state index is 3.41. The molecule has 1 nitrogen and oxygen atoms in total. The van der Waals surface area contributed by atoms with E-state index in [9.17, 15) is 0 Å². The normalized spacial score (nSPS) is 27.5. The first-order valence-corrected chi connectivity index (χ1v) is 4.25. The second kappa shape index (κ2) is 4.51. The quantitative estimate of drug-likeness (QED) is 0.577. The standard InChI is InChI=1S/C9H17N/c1-2-3-5-9-6-4-7-10-8-9/h2-3,9-10H,4-8H2,1H3/b3-2+/t9-/m0/s1. The highest BCUT2D eigenvalue weighted by molar-refractivity contribution is 4.82. The molecule has 10 heavy (non-hydrogen) atoms. The monoisotopic (exact) mass is 139 g/mol. The molecule has 0 aromatic rings. The first-order chi connectivity index (χ1) is 4.93. The predicted octanol–water partition coefficient (Wildman–Crippen LogP) is 1.95. The highest BCUT2D eigenvalue weighted by Crippen LogP contribution is 2.13. The smallest absolute Gasteiger partial charge is 0.00175 e. The maximum absolute atomic E-state index is 3.41. The Bertz CT molecular complexity index is 101. The van der Waals surface area contributed by atoms with Crippen molar-refractivity contribution in [3.63, 3.8) is 0 Å². The minimum Gasteiger partial charge on any atom is -0.316 e. The van der Waals surface area contributed by atoms with Gasteiger partial charge in [-0.25, -0.2) is 0 Å². The van der Waals surface area contributed by atoms with Gasteiger partial charge in [-0.15, -0.1) is 0 Å². The average Bonchev–Trinajstić information content (AvgIpc) is 2.03. The molecule has 0 saturated carbocycles. The van der Waals surface area contributed by atoms with E-state index in [1.165, 1.54) is 32.4 Å². The number of piperidine rings is 1. The van der Waals surface area contributed by atoms with Gasteiger partial charge in [0.2, 0.25) is 0 Å². The van der Waals surface area contributed by atoms with Crippen LogP contribution in [0.4, 0.5) is 0 Å². The van der Waals surface area contributed by atoms with Crippen molar-refractivity contribution in [2.45, 2.75) is 26.2 Å². The summed E-state index contributed by atoms with van der Waals surface area (Å²) in [6.07, 6.45) is 8.47. The van der Waals surface area contributed by atoms with Crippen LogP contribution in [0.15, 0.2) is 12.2 Å². The zero-order valence-corrected chi connectivity index (χ0v) is 6.77. The summed E-state index contributed by atoms with van der Waals surface area (Å²) in [7, 11) is 0. The van der Waals surface area contributed by atoms with Gasteiger partial charge in [0.05, 0.1) is 0 Å². The van der Waals surface area contributed by atoms with E-state index in [2.05, 4.69) is 24.4 Å². The van der Waals surface area contributed by atoms with Crippen molar-refractivity contribution in [2.75, 3.05) is 13.1 Å². The van der Waals surface area contributed by atoms with Crippen molar-refractivity contribution < 1.29 is 0 Å². The topological polar surface area (TPSA) is 12.0 Å². The van der Waals surface area contributed by atoms with Gasteiger partial charge in [0.15, 0.2) is 0 Å². The highest BCUT2D eigenvalue weighted by Gasteiger charge is 2.09. The number of rotatable bonds is 2. The Labute approximate surface area is 63.5 Å². The van der Waals surface area contributed by atoms with E-state index in [4.69, 9.17) is 0 Å². The van der Waals surface area contributed by atoms with Crippen LogP contribution in [0.5, 0.6) is 0 Å². The molecule has 1 fully saturated rings. The first-order valence-electron chi connectivity index (χ1n) is 4.25. The highest BCUT2D eigenvalue weighted by atomic mass is 14.9. The zero-order chi connectivity index (χ0) is 7.23. The summed E-state index contributed by atoms with van der Waals surface area (Å²) >= 11 is 0. The Morgan fingerprint density at radius 3 is 3.10 bits per heavy atom. The summed E-state index contributed by atoms with van der Waals surface area (Å²) in [6, 6.07) is 0. The molecule has 0 aromatic carbocycles. The summed E-state index contributed by atoms with van der Waals surface area (Å²) in [4.78, 5) is 0. The Hall–Kier alpha value is -0.300. The Kier molecular flexibility index (Phi) is 3.52. The molecule has 0 aliphatic carbocycles. The fourth-order valence-corrected chi connectivity index (χ4v) is 1.45. The van der Waals surface area contributed by atoms with Crippen LogP contribution < -0.4 is 5.32 Å².